The average molecular weight is 494 g/mol. The molecule has 2 aromatic rings. The zero-order valence-electron chi connectivity index (χ0n) is 19.0. The highest BCUT2D eigenvalue weighted by atomic mass is 35.5. The van der Waals surface area contributed by atoms with Gasteiger partial charge in [0, 0.05) is 30.9 Å². The monoisotopic (exact) mass is 493 g/mol. The molecule has 2 aliphatic rings. The molecule has 1 amide bonds. The summed E-state index contributed by atoms with van der Waals surface area (Å²) in [5.41, 5.74) is 3.28. The summed E-state index contributed by atoms with van der Waals surface area (Å²) < 4.78 is 31.0. The van der Waals surface area contributed by atoms with Crippen LogP contribution in [-0.2, 0) is 23.0 Å². The zero-order valence-corrected chi connectivity index (χ0v) is 20.6. The number of fused-ring (bicyclic) bond motifs is 1. The van der Waals surface area contributed by atoms with E-state index < -0.39 is 10.0 Å². The number of amides is 1. The van der Waals surface area contributed by atoms with Crippen LogP contribution in [0.5, 0.6) is 5.75 Å². The first-order valence-corrected chi connectivity index (χ1v) is 13.2. The van der Waals surface area contributed by atoms with Crippen LogP contribution in [-0.4, -0.2) is 60.5 Å². The Bertz CT molecular complexity index is 1250. The van der Waals surface area contributed by atoms with Crippen molar-refractivity contribution in [1.29, 1.82) is 0 Å². The summed E-state index contributed by atoms with van der Waals surface area (Å²) in [6.07, 6.45) is 2.77. The van der Waals surface area contributed by atoms with Gasteiger partial charge < -0.3 is 14.6 Å². The lowest BCUT2D eigenvalue weighted by Crippen LogP contribution is -2.41. The predicted octanol–water partition coefficient (Wildman–Crippen LogP) is 2.65. The van der Waals surface area contributed by atoms with Gasteiger partial charge in [0.25, 0.3) is 11.5 Å². The number of nitrogens with one attached hydrogen (secondary N) is 1. The number of hydrogen-bond donors (Lipinski definition) is 1. The van der Waals surface area contributed by atoms with Gasteiger partial charge in [-0.2, -0.15) is 0 Å². The van der Waals surface area contributed by atoms with Crippen molar-refractivity contribution < 1.29 is 17.9 Å². The highest BCUT2D eigenvalue weighted by Gasteiger charge is 2.31. The third-order valence-corrected chi connectivity index (χ3v) is 8.03. The van der Waals surface area contributed by atoms with E-state index in [4.69, 9.17) is 16.3 Å². The van der Waals surface area contributed by atoms with E-state index in [0.29, 0.717) is 55.8 Å². The molecule has 4 rings (SSSR count). The van der Waals surface area contributed by atoms with Gasteiger partial charge in [0.1, 0.15) is 11.9 Å². The molecule has 1 fully saturated rings. The highest BCUT2D eigenvalue weighted by molar-refractivity contribution is 7.88. The number of pyridine rings is 1. The maximum Gasteiger partial charge on any atom is 0.256 e. The Kier molecular flexibility index (Phi) is 6.57. The fraction of sp³-hybridized carbons (Fsp3) is 0.478. The minimum absolute atomic E-state index is 0.179. The van der Waals surface area contributed by atoms with E-state index in [2.05, 4.69) is 4.98 Å². The van der Waals surface area contributed by atoms with E-state index in [9.17, 15) is 18.0 Å². The highest BCUT2D eigenvalue weighted by Crippen LogP contribution is 2.36. The van der Waals surface area contributed by atoms with Gasteiger partial charge in [0.2, 0.25) is 10.0 Å². The summed E-state index contributed by atoms with van der Waals surface area (Å²) in [7, 11) is -3.21. The van der Waals surface area contributed by atoms with Gasteiger partial charge in [-0.25, -0.2) is 12.7 Å². The van der Waals surface area contributed by atoms with Crippen molar-refractivity contribution in [2.24, 2.45) is 0 Å². The molecule has 0 bridgehead atoms. The molecule has 2 aliphatic heterocycles. The Balaban J connectivity index is 1.52. The number of benzene rings is 1. The smallest absolute Gasteiger partial charge is 0.256 e. The zero-order chi connectivity index (χ0) is 23.9. The summed E-state index contributed by atoms with van der Waals surface area (Å²) in [6.45, 7) is 5.19. The molecular weight excluding hydrogens is 466 g/mol. The molecular formula is C23H28ClN3O5S. The number of aromatic amines is 1. The molecule has 0 aliphatic carbocycles. The molecule has 10 heteroatoms. The first-order valence-electron chi connectivity index (χ1n) is 11.0. The van der Waals surface area contributed by atoms with E-state index in [1.165, 1.54) is 10.6 Å². The summed E-state index contributed by atoms with van der Waals surface area (Å²) in [5.74, 6) is 0.200. The van der Waals surface area contributed by atoms with Gasteiger partial charge in [0.05, 0.1) is 23.4 Å². The van der Waals surface area contributed by atoms with Crippen LogP contribution in [0.3, 0.4) is 0 Å². The Morgan fingerprint density at radius 1 is 1.15 bits per heavy atom. The molecule has 1 saturated heterocycles. The minimum atomic E-state index is -3.21. The largest absolute Gasteiger partial charge is 0.489 e. The van der Waals surface area contributed by atoms with E-state index in [0.717, 1.165) is 16.8 Å². The number of aryl methyl sites for hydroxylation is 2. The fourth-order valence-electron chi connectivity index (χ4n) is 4.52. The number of nitrogens with zero attached hydrogens (tertiary/aromatic N) is 2. The molecule has 178 valence electrons. The number of piperidine rings is 1. The maximum absolute atomic E-state index is 13.3. The molecule has 0 unspecified atom stereocenters. The molecule has 0 saturated carbocycles. The molecule has 0 spiro atoms. The summed E-state index contributed by atoms with van der Waals surface area (Å²) in [4.78, 5) is 30.2. The number of sulfonamides is 1. The van der Waals surface area contributed by atoms with Gasteiger partial charge >= 0.3 is 0 Å². The average Bonchev–Trinajstić information content (AvgIpc) is 2.73. The van der Waals surface area contributed by atoms with E-state index in [1.807, 2.05) is 26.0 Å². The summed E-state index contributed by atoms with van der Waals surface area (Å²) >= 11 is 6.65. The summed E-state index contributed by atoms with van der Waals surface area (Å²) in [6, 6.07) is 5.54. The van der Waals surface area contributed by atoms with E-state index >= 15 is 0 Å². The topological polar surface area (TPSA) is 99.8 Å². The molecule has 0 radical (unpaired) electrons. The Morgan fingerprint density at radius 3 is 2.48 bits per heavy atom. The number of carbonyl (C=O) groups excluding carboxylic acids is 1. The maximum atomic E-state index is 13.3. The second-order valence-electron chi connectivity index (χ2n) is 8.81. The third-order valence-electron chi connectivity index (χ3n) is 6.35. The molecule has 33 heavy (non-hydrogen) atoms. The van der Waals surface area contributed by atoms with E-state index in [-0.39, 0.29) is 29.1 Å². The number of carbonyl (C=O) groups is 1. The van der Waals surface area contributed by atoms with Gasteiger partial charge in [0.15, 0.2) is 0 Å². The van der Waals surface area contributed by atoms with Crippen molar-refractivity contribution in [1.82, 2.24) is 14.2 Å². The third kappa shape index (κ3) is 4.95. The van der Waals surface area contributed by atoms with Gasteiger partial charge in [-0.15, -0.1) is 0 Å². The predicted molar refractivity (Wildman–Crippen MR) is 127 cm³/mol. The molecule has 1 aromatic carbocycles. The first-order chi connectivity index (χ1) is 15.5. The second kappa shape index (κ2) is 9.12. The van der Waals surface area contributed by atoms with Crippen molar-refractivity contribution in [3.05, 3.63) is 61.5 Å². The molecule has 1 N–H and O–H groups in total. The Morgan fingerprint density at radius 2 is 1.85 bits per heavy atom. The van der Waals surface area contributed by atoms with Crippen LogP contribution in [0.4, 0.5) is 0 Å². The number of halogens is 1. The van der Waals surface area contributed by atoms with Crippen LogP contribution in [0.1, 0.15) is 45.6 Å². The normalized spacial score (nSPS) is 17.8. The van der Waals surface area contributed by atoms with Crippen LogP contribution < -0.4 is 10.3 Å². The number of ether oxygens (including phenoxy) is 1. The van der Waals surface area contributed by atoms with Gasteiger partial charge in [-0.1, -0.05) is 17.7 Å². The quantitative estimate of drug-likeness (QED) is 0.690. The van der Waals surface area contributed by atoms with Crippen molar-refractivity contribution >= 4 is 27.5 Å². The van der Waals surface area contributed by atoms with Crippen LogP contribution in [0.15, 0.2) is 23.0 Å². The van der Waals surface area contributed by atoms with Crippen LogP contribution >= 0.6 is 11.6 Å². The second-order valence-corrected chi connectivity index (χ2v) is 11.2. The Hall–Kier alpha value is -2.36. The molecule has 1 aromatic heterocycles. The van der Waals surface area contributed by atoms with Gasteiger partial charge in [-0.3, -0.25) is 9.59 Å². The lowest BCUT2D eigenvalue weighted by Gasteiger charge is -2.32. The van der Waals surface area contributed by atoms with Gasteiger partial charge in [-0.05, 0) is 56.4 Å². The fourth-order valence-corrected chi connectivity index (χ4v) is 5.71. The Labute approximate surface area is 198 Å². The lowest BCUT2D eigenvalue weighted by atomic mass is 9.97. The van der Waals surface area contributed by atoms with Crippen LogP contribution in [0.2, 0.25) is 5.02 Å². The summed E-state index contributed by atoms with van der Waals surface area (Å²) in [5, 5.41) is 0.266. The number of rotatable bonds is 5. The van der Waals surface area contributed by atoms with Crippen LogP contribution in [0.25, 0.3) is 0 Å². The minimum Gasteiger partial charge on any atom is -0.489 e. The number of hydrogen-bond acceptors (Lipinski definition) is 5. The lowest BCUT2D eigenvalue weighted by molar-refractivity contribution is 0.0724. The number of aromatic nitrogens is 1. The molecule has 8 nitrogen and oxygen atoms in total. The SMILES string of the molecule is Cc1cc(C)c(CN2CCc3ccc(OC4CCN(S(C)(=O)=O)CC4)c(Cl)c3C2=O)c(=O)[nH]1. The molecule has 3 heterocycles. The number of H-pyrrole nitrogens is 1. The van der Waals surface area contributed by atoms with Crippen molar-refractivity contribution in [2.45, 2.75) is 45.8 Å². The van der Waals surface area contributed by atoms with Crippen LogP contribution in [0, 0.1) is 13.8 Å². The van der Waals surface area contributed by atoms with Crippen molar-refractivity contribution in [2.75, 3.05) is 25.9 Å². The van der Waals surface area contributed by atoms with E-state index in [1.54, 1.807) is 11.0 Å². The molecule has 0 atom stereocenters. The van der Waals surface area contributed by atoms with Crippen molar-refractivity contribution in [3.8, 4) is 5.75 Å². The van der Waals surface area contributed by atoms with Crippen molar-refractivity contribution in [3.63, 3.8) is 0 Å². The first kappa shape index (κ1) is 23.8. The standard InChI is InChI=1S/C23H28ClN3O5S/c1-14-12-15(2)25-22(28)18(14)13-26-9-6-16-4-5-19(21(24)20(16)23(26)29)32-17-7-10-27(11-8-17)33(3,30)31/h4-5,12,17H,6-11,13H2,1-3H3,(H,25,28).